The highest BCUT2D eigenvalue weighted by molar-refractivity contribution is 9.10. The van der Waals surface area contributed by atoms with Gasteiger partial charge in [-0.15, -0.1) is 11.6 Å². The van der Waals surface area contributed by atoms with Crippen molar-refractivity contribution in [2.75, 3.05) is 12.4 Å². The Balaban J connectivity index is 2.37. The quantitative estimate of drug-likeness (QED) is 0.785. The van der Waals surface area contributed by atoms with E-state index in [1.807, 2.05) is 6.07 Å². The van der Waals surface area contributed by atoms with Gasteiger partial charge in [-0.25, -0.2) is 4.39 Å². The zero-order valence-corrected chi connectivity index (χ0v) is 11.6. The summed E-state index contributed by atoms with van der Waals surface area (Å²) in [7, 11) is 0. The van der Waals surface area contributed by atoms with Crippen molar-refractivity contribution in [1.82, 2.24) is 5.32 Å². The summed E-state index contributed by atoms with van der Waals surface area (Å²) in [5.74, 6) is 1.03. The predicted octanol–water partition coefficient (Wildman–Crippen LogP) is 3.94. The molecule has 0 aliphatic carbocycles. The first-order valence-corrected chi connectivity index (χ1v) is 6.66. The van der Waals surface area contributed by atoms with Gasteiger partial charge in [-0.05, 0) is 42.6 Å². The van der Waals surface area contributed by atoms with E-state index in [1.54, 1.807) is 6.07 Å². The Morgan fingerprint density at radius 3 is 2.81 bits per heavy atom. The lowest BCUT2D eigenvalue weighted by Gasteiger charge is -2.11. The number of halogens is 3. The predicted molar refractivity (Wildman–Crippen MR) is 70.3 cm³/mol. The second-order valence-electron chi connectivity index (χ2n) is 3.99. The number of nitrogens with one attached hydrogen (secondary N) is 1. The van der Waals surface area contributed by atoms with Crippen LogP contribution in [0.3, 0.4) is 0 Å². The van der Waals surface area contributed by atoms with Gasteiger partial charge in [-0.3, -0.25) is 0 Å². The van der Waals surface area contributed by atoms with E-state index in [9.17, 15) is 4.39 Å². The SMILES string of the molecule is CC(CCCl)CNCc1cc(F)cc(Br)c1. The molecule has 1 atom stereocenters. The molecule has 0 bridgehead atoms. The van der Waals surface area contributed by atoms with Gasteiger partial charge in [0.25, 0.3) is 0 Å². The molecule has 0 heterocycles. The Morgan fingerprint density at radius 1 is 1.44 bits per heavy atom. The highest BCUT2D eigenvalue weighted by Crippen LogP contribution is 2.14. The van der Waals surface area contributed by atoms with Crippen molar-refractivity contribution in [2.24, 2.45) is 5.92 Å². The van der Waals surface area contributed by atoms with Gasteiger partial charge in [0.15, 0.2) is 0 Å². The number of rotatable bonds is 6. The van der Waals surface area contributed by atoms with Crippen molar-refractivity contribution < 1.29 is 4.39 Å². The molecule has 0 aliphatic heterocycles. The van der Waals surface area contributed by atoms with Crippen molar-refractivity contribution in [3.63, 3.8) is 0 Å². The van der Waals surface area contributed by atoms with Crippen molar-refractivity contribution >= 4 is 27.5 Å². The molecule has 16 heavy (non-hydrogen) atoms. The van der Waals surface area contributed by atoms with E-state index in [1.165, 1.54) is 6.07 Å². The summed E-state index contributed by atoms with van der Waals surface area (Å²) in [6, 6.07) is 4.92. The van der Waals surface area contributed by atoms with E-state index in [0.717, 1.165) is 23.0 Å². The minimum absolute atomic E-state index is 0.208. The molecule has 0 amide bonds. The minimum Gasteiger partial charge on any atom is -0.312 e. The topological polar surface area (TPSA) is 12.0 Å². The maximum absolute atomic E-state index is 13.1. The van der Waals surface area contributed by atoms with Crippen LogP contribution in [0.2, 0.25) is 0 Å². The molecule has 1 unspecified atom stereocenters. The molecule has 0 radical (unpaired) electrons. The number of hydrogen-bond acceptors (Lipinski definition) is 1. The third-order valence-electron chi connectivity index (χ3n) is 2.35. The molecule has 1 N–H and O–H groups in total. The largest absolute Gasteiger partial charge is 0.312 e. The normalized spacial score (nSPS) is 12.8. The summed E-state index contributed by atoms with van der Waals surface area (Å²) in [6.45, 7) is 3.74. The van der Waals surface area contributed by atoms with Gasteiger partial charge in [0.2, 0.25) is 0 Å². The van der Waals surface area contributed by atoms with Crippen LogP contribution in [0.1, 0.15) is 18.9 Å². The maximum atomic E-state index is 13.1. The van der Waals surface area contributed by atoms with Gasteiger partial charge in [-0.2, -0.15) is 0 Å². The molecule has 0 aliphatic rings. The summed E-state index contributed by atoms with van der Waals surface area (Å²) in [5, 5.41) is 3.29. The van der Waals surface area contributed by atoms with Crippen LogP contribution in [-0.2, 0) is 6.54 Å². The number of hydrogen-bond donors (Lipinski definition) is 1. The van der Waals surface area contributed by atoms with Gasteiger partial charge >= 0.3 is 0 Å². The summed E-state index contributed by atoms with van der Waals surface area (Å²) < 4.78 is 13.8. The van der Waals surface area contributed by atoms with Crippen LogP contribution in [-0.4, -0.2) is 12.4 Å². The monoisotopic (exact) mass is 307 g/mol. The molecule has 4 heteroatoms. The Kier molecular flexibility index (Phi) is 6.32. The third-order valence-corrected chi connectivity index (χ3v) is 3.02. The van der Waals surface area contributed by atoms with E-state index >= 15 is 0 Å². The Labute approximate surface area is 110 Å². The van der Waals surface area contributed by atoms with E-state index in [0.29, 0.717) is 18.3 Å². The molecule has 1 nitrogen and oxygen atoms in total. The first-order valence-electron chi connectivity index (χ1n) is 5.33. The average molecular weight is 309 g/mol. The molecule has 0 saturated carbocycles. The first-order chi connectivity index (χ1) is 7.61. The summed E-state index contributed by atoms with van der Waals surface area (Å²) in [5.41, 5.74) is 0.949. The molecule has 1 rings (SSSR count). The standard InChI is InChI=1S/C12H16BrClFN/c1-9(2-3-14)7-16-8-10-4-11(13)6-12(15)5-10/h4-6,9,16H,2-3,7-8H2,1H3. The molecule has 0 aromatic heterocycles. The minimum atomic E-state index is -0.208. The van der Waals surface area contributed by atoms with Crippen LogP contribution in [0.15, 0.2) is 22.7 Å². The van der Waals surface area contributed by atoms with Crippen molar-refractivity contribution in [3.05, 3.63) is 34.1 Å². The molecular formula is C12H16BrClFN. The fraction of sp³-hybridized carbons (Fsp3) is 0.500. The third kappa shape index (κ3) is 5.28. The zero-order valence-electron chi connectivity index (χ0n) is 9.27. The van der Waals surface area contributed by atoms with E-state index in [2.05, 4.69) is 28.2 Å². The van der Waals surface area contributed by atoms with Crippen molar-refractivity contribution in [3.8, 4) is 0 Å². The average Bonchev–Trinajstić information content (AvgIpc) is 2.16. The summed E-state index contributed by atoms with van der Waals surface area (Å²) >= 11 is 8.92. The molecule has 1 aromatic rings. The lowest BCUT2D eigenvalue weighted by Crippen LogP contribution is -2.21. The Morgan fingerprint density at radius 2 is 2.19 bits per heavy atom. The van der Waals surface area contributed by atoms with Gasteiger partial charge in [0.05, 0.1) is 0 Å². The Bertz CT molecular complexity index is 313. The molecule has 90 valence electrons. The first kappa shape index (κ1) is 13.9. The van der Waals surface area contributed by atoms with Crippen LogP contribution >= 0.6 is 27.5 Å². The van der Waals surface area contributed by atoms with Gasteiger partial charge < -0.3 is 5.32 Å². The van der Waals surface area contributed by atoms with E-state index in [-0.39, 0.29) is 5.82 Å². The van der Waals surface area contributed by atoms with Crippen molar-refractivity contribution in [2.45, 2.75) is 19.9 Å². The van der Waals surface area contributed by atoms with Crippen LogP contribution in [0.25, 0.3) is 0 Å². The fourth-order valence-electron chi connectivity index (χ4n) is 1.46. The van der Waals surface area contributed by atoms with Crippen LogP contribution in [0.4, 0.5) is 4.39 Å². The highest BCUT2D eigenvalue weighted by atomic mass is 79.9. The summed E-state index contributed by atoms with van der Waals surface area (Å²) in [6.07, 6.45) is 1.00. The van der Waals surface area contributed by atoms with Gasteiger partial charge in [0, 0.05) is 16.9 Å². The fourth-order valence-corrected chi connectivity index (χ4v) is 2.35. The van der Waals surface area contributed by atoms with Gasteiger partial charge in [0.1, 0.15) is 5.82 Å². The van der Waals surface area contributed by atoms with Gasteiger partial charge in [-0.1, -0.05) is 22.9 Å². The van der Waals surface area contributed by atoms with E-state index in [4.69, 9.17) is 11.6 Å². The second kappa shape index (κ2) is 7.25. The molecule has 1 aromatic carbocycles. The lowest BCUT2D eigenvalue weighted by atomic mass is 10.1. The maximum Gasteiger partial charge on any atom is 0.124 e. The molecule has 0 fully saturated rings. The van der Waals surface area contributed by atoms with Crippen LogP contribution < -0.4 is 5.32 Å². The van der Waals surface area contributed by atoms with E-state index < -0.39 is 0 Å². The Hall–Kier alpha value is -0.120. The summed E-state index contributed by atoms with van der Waals surface area (Å²) in [4.78, 5) is 0. The smallest absolute Gasteiger partial charge is 0.124 e. The molecule has 0 spiro atoms. The molecule has 0 saturated heterocycles. The highest BCUT2D eigenvalue weighted by Gasteiger charge is 2.02. The second-order valence-corrected chi connectivity index (χ2v) is 5.29. The van der Waals surface area contributed by atoms with Crippen LogP contribution in [0.5, 0.6) is 0 Å². The molecular weight excluding hydrogens is 292 g/mol. The van der Waals surface area contributed by atoms with Crippen LogP contribution in [0, 0.1) is 11.7 Å². The van der Waals surface area contributed by atoms with Crippen molar-refractivity contribution in [1.29, 1.82) is 0 Å². The number of alkyl halides is 1. The number of benzene rings is 1. The zero-order chi connectivity index (χ0) is 12.0. The lowest BCUT2D eigenvalue weighted by molar-refractivity contribution is 0.501.